The van der Waals surface area contributed by atoms with Gasteiger partial charge in [-0.1, -0.05) is 24.3 Å². The van der Waals surface area contributed by atoms with E-state index in [-0.39, 0.29) is 0 Å². The average molecular weight is 441 g/mol. The Bertz CT molecular complexity index is 859. The van der Waals surface area contributed by atoms with E-state index in [4.69, 9.17) is 19.2 Å². The summed E-state index contributed by atoms with van der Waals surface area (Å²) < 4.78 is 16.4. The maximum absolute atomic E-state index is 5.81. The van der Waals surface area contributed by atoms with Crippen molar-refractivity contribution in [1.29, 1.82) is 0 Å². The van der Waals surface area contributed by atoms with Crippen LogP contribution < -0.4 is 25.0 Å². The summed E-state index contributed by atoms with van der Waals surface area (Å²) in [4.78, 5) is 7.17. The summed E-state index contributed by atoms with van der Waals surface area (Å²) in [5.41, 5.74) is 2.26. The Hall–Kier alpha value is -2.93. The zero-order valence-electron chi connectivity index (χ0n) is 19.5. The van der Waals surface area contributed by atoms with Crippen molar-refractivity contribution >= 4 is 11.6 Å². The first-order valence-corrected chi connectivity index (χ1v) is 11.4. The number of hydrogen-bond acceptors (Lipinski definition) is 5. The molecule has 0 bridgehead atoms. The van der Waals surface area contributed by atoms with Crippen LogP contribution in [0.1, 0.15) is 25.3 Å². The normalized spacial score (nSPS) is 16.2. The number of nitrogens with zero attached hydrogens (tertiary/aromatic N) is 2. The Kier molecular flexibility index (Phi) is 9.50. The fraction of sp³-hybridized carbons (Fsp3) is 0.480. The lowest BCUT2D eigenvalue weighted by molar-refractivity contribution is 0.172. The van der Waals surface area contributed by atoms with Gasteiger partial charge < -0.3 is 29.7 Å². The van der Waals surface area contributed by atoms with Crippen molar-refractivity contribution in [1.82, 2.24) is 10.6 Å². The molecule has 1 atom stereocenters. The lowest BCUT2D eigenvalue weighted by Crippen LogP contribution is -2.44. The minimum absolute atomic E-state index is 0.327. The van der Waals surface area contributed by atoms with Crippen LogP contribution in [0.4, 0.5) is 5.69 Å². The van der Waals surface area contributed by atoms with E-state index in [1.54, 1.807) is 14.2 Å². The molecule has 2 aromatic carbocycles. The maximum atomic E-state index is 5.81. The molecule has 1 aliphatic rings. The summed E-state index contributed by atoms with van der Waals surface area (Å²) >= 11 is 0. The standard InChI is InChI=1S/C25H36N4O3/c1-4-26-25(27-18-20-9-7-10-22(17-20)32-16-8-15-30-2)28-21-13-14-29(19-21)23-11-5-6-12-24(23)31-3/h5-7,9-12,17,21H,4,8,13-16,18-19H2,1-3H3,(H2,26,27,28). The van der Waals surface area contributed by atoms with Crippen molar-refractivity contribution in [2.75, 3.05) is 52.0 Å². The topological polar surface area (TPSA) is 67.4 Å². The molecule has 1 aliphatic heterocycles. The van der Waals surface area contributed by atoms with E-state index in [0.717, 1.165) is 61.2 Å². The molecular weight excluding hydrogens is 404 g/mol. The van der Waals surface area contributed by atoms with Crippen LogP contribution in [0, 0.1) is 0 Å². The highest BCUT2D eigenvalue weighted by molar-refractivity contribution is 5.80. The fourth-order valence-corrected chi connectivity index (χ4v) is 3.80. The summed E-state index contributed by atoms with van der Waals surface area (Å²) in [6, 6.07) is 16.6. The molecule has 32 heavy (non-hydrogen) atoms. The van der Waals surface area contributed by atoms with Crippen LogP contribution >= 0.6 is 0 Å². The highest BCUT2D eigenvalue weighted by Crippen LogP contribution is 2.30. The Morgan fingerprint density at radius 3 is 2.81 bits per heavy atom. The highest BCUT2D eigenvalue weighted by Gasteiger charge is 2.25. The molecule has 1 unspecified atom stereocenters. The minimum Gasteiger partial charge on any atom is -0.495 e. The van der Waals surface area contributed by atoms with Crippen molar-refractivity contribution in [2.45, 2.75) is 32.4 Å². The van der Waals surface area contributed by atoms with Gasteiger partial charge in [-0.15, -0.1) is 0 Å². The molecule has 1 heterocycles. The Balaban J connectivity index is 1.56. The zero-order chi connectivity index (χ0) is 22.6. The summed E-state index contributed by atoms with van der Waals surface area (Å²) in [6.07, 6.45) is 1.92. The second kappa shape index (κ2) is 12.8. The number of guanidine groups is 1. The number of ether oxygens (including phenoxy) is 3. The minimum atomic E-state index is 0.327. The molecule has 0 aromatic heterocycles. The third-order valence-electron chi connectivity index (χ3n) is 5.38. The number of methoxy groups -OCH3 is 2. The van der Waals surface area contributed by atoms with Crippen LogP contribution in [0.3, 0.4) is 0 Å². The highest BCUT2D eigenvalue weighted by atomic mass is 16.5. The van der Waals surface area contributed by atoms with Crippen molar-refractivity contribution in [3.8, 4) is 11.5 Å². The van der Waals surface area contributed by atoms with Gasteiger partial charge in [0.05, 0.1) is 25.9 Å². The molecule has 0 saturated carbocycles. The molecule has 174 valence electrons. The lowest BCUT2D eigenvalue weighted by Gasteiger charge is -2.22. The smallest absolute Gasteiger partial charge is 0.191 e. The van der Waals surface area contributed by atoms with Crippen molar-refractivity contribution in [3.05, 3.63) is 54.1 Å². The third-order valence-corrected chi connectivity index (χ3v) is 5.38. The molecule has 0 spiro atoms. The summed E-state index contributed by atoms with van der Waals surface area (Å²) in [5, 5.41) is 6.97. The van der Waals surface area contributed by atoms with Gasteiger partial charge in [0, 0.05) is 45.8 Å². The predicted molar refractivity (Wildman–Crippen MR) is 130 cm³/mol. The van der Waals surface area contributed by atoms with Crippen LogP contribution in [0.15, 0.2) is 53.5 Å². The fourth-order valence-electron chi connectivity index (χ4n) is 3.80. The number of rotatable bonds is 11. The molecule has 2 aromatic rings. The van der Waals surface area contributed by atoms with Gasteiger partial charge in [-0.25, -0.2) is 4.99 Å². The lowest BCUT2D eigenvalue weighted by atomic mass is 10.2. The quantitative estimate of drug-likeness (QED) is 0.317. The van der Waals surface area contributed by atoms with Gasteiger partial charge in [-0.2, -0.15) is 0 Å². The van der Waals surface area contributed by atoms with Gasteiger partial charge in [0.15, 0.2) is 5.96 Å². The van der Waals surface area contributed by atoms with Gasteiger partial charge in [0.25, 0.3) is 0 Å². The van der Waals surface area contributed by atoms with E-state index >= 15 is 0 Å². The Morgan fingerprint density at radius 2 is 2.00 bits per heavy atom. The Labute approximate surface area is 191 Å². The Morgan fingerprint density at radius 1 is 1.12 bits per heavy atom. The first-order valence-electron chi connectivity index (χ1n) is 11.4. The molecular formula is C25H36N4O3. The predicted octanol–water partition coefficient (Wildman–Crippen LogP) is 3.44. The summed E-state index contributed by atoms with van der Waals surface area (Å²) in [7, 11) is 3.43. The van der Waals surface area contributed by atoms with Crippen LogP contribution in [0.5, 0.6) is 11.5 Å². The summed E-state index contributed by atoms with van der Waals surface area (Å²) in [5.74, 6) is 2.62. The maximum Gasteiger partial charge on any atom is 0.191 e. The number of para-hydroxylation sites is 2. The van der Waals surface area contributed by atoms with E-state index in [2.05, 4.69) is 46.7 Å². The zero-order valence-corrected chi connectivity index (χ0v) is 19.5. The monoisotopic (exact) mass is 440 g/mol. The molecule has 0 aliphatic carbocycles. The number of aliphatic imine (C=N–C) groups is 1. The molecule has 1 fully saturated rings. The number of nitrogens with one attached hydrogen (secondary N) is 2. The van der Waals surface area contributed by atoms with E-state index < -0.39 is 0 Å². The molecule has 2 N–H and O–H groups in total. The van der Waals surface area contributed by atoms with Crippen LogP contribution in [-0.2, 0) is 11.3 Å². The van der Waals surface area contributed by atoms with E-state index in [1.807, 2.05) is 24.3 Å². The van der Waals surface area contributed by atoms with Crippen molar-refractivity contribution in [3.63, 3.8) is 0 Å². The third kappa shape index (κ3) is 7.05. The second-order valence-corrected chi connectivity index (χ2v) is 7.79. The van der Waals surface area contributed by atoms with Crippen LogP contribution in [0.25, 0.3) is 0 Å². The van der Waals surface area contributed by atoms with Crippen molar-refractivity contribution in [2.24, 2.45) is 4.99 Å². The summed E-state index contributed by atoms with van der Waals surface area (Å²) in [6.45, 7) is 6.74. The molecule has 3 rings (SSSR count). The average Bonchev–Trinajstić information content (AvgIpc) is 3.29. The largest absolute Gasteiger partial charge is 0.495 e. The number of anilines is 1. The SMILES string of the molecule is CCNC(=NCc1cccc(OCCCOC)c1)NC1CCN(c2ccccc2OC)C1. The van der Waals surface area contributed by atoms with Crippen LogP contribution in [-0.4, -0.2) is 59.1 Å². The first kappa shape index (κ1) is 23.7. The van der Waals surface area contributed by atoms with Gasteiger partial charge in [0.1, 0.15) is 11.5 Å². The first-order chi connectivity index (χ1) is 15.7. The van der Waals surface area contributed by atoms with Crippen molar-refractivity contribution < 1.29 is 14.2 Å². The van der Waals surface area contributed by atoms with E-state index in [0.29, 0.717) is 25.8 Å². The number of benzene rings is 2. The van der Waals surface area contributed by atoms with Crippen LogP contribution in [0.2, 0.25) is 0 Å². The number of hydrogen-bond donors (Lipinski definition) is 2. The molecule has 7 nitrogen and oxygen atoms in total. The van der Waals surface area contributed by atoms with Gasteiger partial charge in [-0.3, -0.25) is 0 Å². The van der Waals surface area contributed by atoms with Gasteiger partial charge in [-0.05, 0) is 43.2 Å². The van der Waals surface area contributed by atoms with Gasteiger partial charge >= 0.3 is 0 Å². The van der Waals surface area contributed by atoms with E-state index in [9.17, 15) is 0 Å². The molecule has 0 radical (unpaired) electrons. The molecule has 0 amide bonds. The molecule has 1 saturated heterocycles. The van der Waals surface area contributed by atoms with Gasteiger partial charge in [0.2, 0.25) is 0 Å². The molecule has 7 heteroatoms. The van der Waals surface area contributed by atoms with E-state index in [1.165, 1.54) is 0 Å². The second-order valence-electron chi connectivity index (χ2n) is 7.79.